The minimum Gasteiger partial charge on any atom is -0.396 e. The number of benzene rings is 1. The topological polar surface area (TPSA) is 61.4 Å². The molecule has 0 spiro atoms. The third kappa shape index (κ3) is 6.06. The molecule has 0 saturated heterocycles. The van der Waals surface area contributed by atoms with Crippen molar-refractivity contribution in [3.05, 3.63) is 35.4 Å². The molecule has 0 bridgehead atoms. The van der Waals surface area contributed by atoms with Crippen LogP contribution in [-0.2, 0) is 6.42 Å². The Hall–Kier alpha value is -1.55. The maximum atomic E-state index is 11.8. The minimum atomic E-state index is -0.162. The van der Waals surface area contributed by atoms with Gasteiger partial charge in [0.05, 0.1) is 0 Å². The average Bonchev–Trinajstić information content (AvgIpc) is 2.40. The van der Waals surface area contributed by atoms with Crippen molar-refractivity contribution in [2.45, 2.75) is 52.1 Å². The predicted molar refractivity (Wildman–Crippen MR) is 81.8 cm³/mol. The van der Waals surface area contributed by atoms with E-state index in [4.69, 9.17) is 5.11 Å². The number of aliphatic hydroxyl groups excluding tert-OH is 1. The molecule has 112 valence electrons. The molecule has 3 N–H and O–H groups in total. The molecule has 1 aromatic rings. The highest BCUT2D eigenvalue weighted by Crippen LogP contribution is 2.08. The summed E-state index contributed by atoms with van der Waals surface area (Å²) in [5.41, 5.74) is 2.47. The highest BCUT2D eigenvalue weighted by atomic mass is 16.3. The number of amides is 2. The van der Waals surface area contributed by atoms with E-state index in [0.29, 0.717) is 6.42 Å². The van der Waals surface area contributed by atoms with Crippen molar-refractivity contribution in [2.24, 2.45) is 0 Å². The number of carbonyl (C=O) groups excluding carboxylic acids is 1. The van der Waals surface area contributed by atoms with Gasteiger partial charge in [-0.25, -0.2) is 4.79 Å². The van der Waals surface area contributed by atoms with Crippen molar-refractivity contribution in [2.75, 3.05) is 6.61 Å². The molecule has 0 aliphatic heterocycles. The summed E-state index contributed by atoms with van der Waals surface area (Å²) in [6.07, 6.45) is 2.29. The van der Waals surface area contributed by atoms with Gasteiger partial charge >= 0.3 is 6.03 Å². The highest BCUT2D eigenvalue weighted by Gasteiger charge is 2.12. The van der Waals surface area contributed by atoms with Crippen molar-refractivity contribution in [1.82, 2.24) is 10.6 Å². The van der Waals surface area contributed by atoms with E-state index in [-0.39, 0.29) is 24.7 Å². The van der Waals surface area contributed by atoms with Crippen molar-refractivity contribution in [1.29, 1.82) is 0 Å². The number of carbonyl (C=O) groups is 1. The Morgan fingerprint density at radius 1 is 1.25 bits per heavy atom. The number of rotatable bonds is 7. The molecular formula is C16H26N2O2. The highest BCUT2D eigenvalue weighted by molar-refractivity contribution is 5.74. The molecule has 2 atom stereocenters. The molecular weight excluding hydrogens is 252 g/mol. The molecule has 0 aliphatic carbocycles. The van der Waals surface area contributed by atoms with Crippen LogP contribution in [0.3, 0.4) is 0 Å². The van der Waals surface area contributed by atoms with Gasteiger partial charge in [0.1, 0.15) is 0 Å². The Kier molecular flexibility index (Phi) is 7.09. The fraction of sp³-hybridized carbons (Fsp3) is 0.562. The van der Waals surface area contributed by atoms with Crippen LogP contribution in [0.2, 0.25) is 0 Å². The lowest BCUT2D eigenvalue weighted by molar-refractivity contribution is 0.227. The molecule has 1 aromatic carbocycles. The van der Waals surface area contributed by atoms with Gasteiger partial charge in [0.2, 0.25) is 0 Å². The Morgan fingerprint density at radius 2 is 1.90 bits per heavy atom. The lowest BCUT2D eigenvalue weighted by Gasteiger charge is -2.20. The first-order valence-corrected chi connectivity index (χ1v) is 7.28. The average molecular weight is 278 g/mol. The van der Waals surface area contributed by atoms with Gasteiger partial charge in [-0.15, -0.1) is 0 Å². The summed E-state index contributed by atoms with van der Waals surface area (Å²) in [6.45, 7) is 6.10. The Morgan fingerprint density at radius 3 is 2.45 bits per heavy atom. The SMILES string of the molecule is CCC(Cc1ccc(C)cc1)NC(=O)N[C@H](C)CCO. The van der Waals surface area contributed by atoms with E-state index in [1.165, 1.54) is 11.1 Å². The van der Waals surface area contributed by atoms with E-state index in [2.05, 4.69) is 48.7 Å². The van der Waals surface area contributed by atoms with Gasteiger partial charge in [0.25, 0.3) is 0 Å². The van der Waals surface area contributed by atoms with Crippen LogP contribution >= 0.6 is 0 Å². The second-order valence-electron chi connectivity index (χ2n) is 5.33. The van der Waals surface area contributed by atoms with E-state index in [0.717, 1.165) is 12.8 Å². The number of aliphatic hydroxyl groups is 1. The summed E-state index contributed by atoms with van der Waals surface area (Å²) in [7, 11) is 0. The first-order valence-electron chi connectivity index (χ1n) is 7.28. The molecule has 0 aliphatic rings. The zero-order valence-corrected chi connectivity index (χ0v) is 12.6. The van der Waals surface area contributed by atoms with Crippen LogP contribution in [0.15, 0.2) is 24.3 Å². The van der Waals surface area contributed by atoms with Crippen LogP contribution in [0.1, 0.15) is 37.8 Å². The largest absolute Gasteiger partial charge is 0.396 e. The number of hydrogen-bond donors (Lipinski definition) is 3. The molecule has 2 amide bonds. The van der Waals surface area contributed by atoms with Crippen molar-refractivity contribution in [3.63, 3.8) is 0 Å². The van der Waals surface area contributed by atoms with Crippen molar-refractivity contribution >= 4 is 6.03 Å². The van der Waals surface area contributed by atoms with Crippen LogP contribution in [0, 0.1) is 6.92 Å². The van der Waals surface area contributed by atoms with Crippen LogP contribution in [0.5, 0.6) is 0 Å². The Bertz CT molecular complexity index is 403. The molecule has 1 unspecified atom stereocenters. The van der Waals surface area contributed by atoms with Crippen molar-refractivity contribution in [3.8, 4) is 0 Å². The second-order valence-corrected chi connectivity index (χ2v) is 5.33. The van der Waals surface area contributed by atoms with Gasteiger partial charge in [0, 0.05) is 18.7 Å². The molecule has 0 saturated carbocycles. The standard InChI is InChI=1S/C16H26N2O2/c1-4-15(11-14-7-5-12(2)6-8-14)18-16(20)17-13(3)9-10-19/h5-8,13,15,19H,4,9-11H2,1-3H3,(H2,17,18,20)/t13-,15?/m1/s1. The molecule has 0 fully saturated rings. The predicted octanol–water partition coefficient (Wildman–Crippen LogP) is 2.39. The third-order valence-electron chi connectivity index (χ3n) is 3.37. The number of aryl methyl sites for hydroxylation is 1. The lowest BCUT2D eigenvalue weighted by Crippen LogP contribution is -2.46. The first-order chi connectivity index (χ1) is 9.55. The first kappa shape index (κ1) is 16.5. The summed E-state index contributed by atoms with van der Waals surface area (Å²) in [4.78, 5) is 11.8. The van der Waals surface area contributed by atoms with Gasteiger partial charge in [-0.05, 0) is 38.7 Å². The fourth-order valence-electron chi connectivity index (χ4n) is 2.02. The van der Waals surface area contributed by atoms with E-state index < -0.39 is 0 Å². The smallest absolute Gasteiger partial charge is 0.315 e. The summed E-state index contributed by atoms with van der Waals surface area (Å²) in [5, 5.41) is 14.6. The van der Waals surface area contributed by atoms with Crippen LogP contribution in [0.4, 0.5) is 4.79 Å². The molecule has 4 heteroatoms. The lowest BCUT2D eigenvalue weighted by atomic mass is 10.0. The Labute approximate surface area is 121 Å². The van der Waals surface area contributed by atoms with Gasteiger partial charge < -0.3 is 15.7 Å². The van der Waals surface area contributed by atoms with Gasteiger partial charge in [0.15, 0.2) is 0 Å². The van der Waals surface area contributed by atoms with E-state index >= 15 is 0 Å². The molecule has 0 aromatic heterocycles. The van der Waals surface area contributed by atoms with E-state index in [1.54, 1.807) is 0 Å². The summed E-state index contributed by atoms with van der Waals surface area (Å²) < 4.78 is 0. The maximum absolute atomic E-state index is 11.8. The van der Waals surface area contributed by atoms with Crippen LogP contribution < -0.4 is 10.6 Å². The van der Waals surface area contributed by atoms with E-state index in [9.17, 15) is 4.79 Å². The molecule has 4 nitrogen and oxygen atoms in total. The molecule has 20 heavy (non-hydrogen) atoms. The monoisotopic (exact) mass is 278 g/mol. The fourth-order valence-corrected chi connectivity index (χ4v) is 2.02. The molecule has 0 heterocycles. The second kappa shape index (κ2) is 8.59. The molecule has 0 radical (unpaired) electrons. The van der Waals surface area contributed by atoms with Crippen LogP contribution in [-0.4, -0.2) is 29.8 Å². The zero-order valence-electron chi connectivity index (χ0n) is 12.6. The molecule has 1 rings (SSSR count). The zero-order chi connectivity index (χ0) is 15.0. The van der Waals surface area contributed by atoms with Crippen LogP contribution in [0.25, 0.3) is 0 Å². The normalized spacial score (nSPS) is 13.6. The summed E-state index contributed by atoms with van der Waals surface area (Å²) in [6, 6.07) is 8.33. The quantitative estimate of drug-likeness (QED) is 0.717. The van der Waals surface area contributed by atoms with Gasteiger partial charge in [-0.1, -0.05) is 36.8 Å². The van der Waals surface area contributed by atoms with Crippen molar-refractivity contribution < 1.29 is 9.90 Å². The summed E-state index contributed by atoms with van der Waals surface area (Å²) in [5.74, 6) is 0. The Balaban J connectivity index is 2.46. The number of nitrogens with one attached hydrogen (secondary N) is 2. The summed E-state index contributed by atoms with van der Waals surface area (Å²) >= 11 is 0. The van der Waals surface area contributed by atoms with Gasteiger partial charge in [-0.3, -0.25) is 0 Å². The third-order valence-corrected chi connectivity index (χ3v) is 3.37. The van der Waals surface area contributed by atoms with E-state index in [1.807, 2.05) is 6.92 Å². The number of hydrogen-bond acceptors (Lipinski definition) is 2. The van der Waals surface area contributed by atoms with Gasteiger partial charge in [-0.2, -0.15) is 0 Å². The number of urea groups is 1. The maximum Gasteiger partial charge on any atom is 0.315 e. The minimum absolute atomic E-state index is 0.0168.